The fraction of sp³-hybridized carbons (Fsp3) is 0.273. The predicted octanol–water partition coefficient (Wildman–Crippen LogP) is 0.332. The van der Waals surface area contributed by atoms with Crippen LogP contribution >= 0.6 is 0 Å². The molecule has 5 heteroatoms. The van der Waals surface area contributed by atoms with E-state index in [1.165, 1.54) is 0 Å². The molecular weight excluding hydrogens is 206 g/mol. The molecule has 0 aliphatic rings. The average Bonchev–Trinajstić information content (AvgIpc) is 2.28. The fourth-order valence-electron chi connectivity index (χ4n) is 1.14. The molecule has 1 rings (SSSR count). The van der Waals surface area contributed by atoms with Crippen molar-refractivity contribution in [1.82, 2.24) is 5.32 Å². The van der Waals surface area contributed by atoms with Crippen molar-refractivity contribution >= 4 is 17.5 Å². The van der Waals surface area contributed by atoms with Gasteiger partial charge in [-0.3, -0.25) is 9.59 Å². The summed E-state index contributed by atoms with van der Waals surface area (Å²) < 4.78 is 0. The molecule has 2 amide bonds. The Kier molecular flexibility index (Phi) is 4.02. The number of nitrogens with two attached hydrogens (primary N) is 1. The number of carbonyl (C=O) groups excluding carboxylic acids is 2. The monoisotopic (exact) mass is 221 g/mol. The molecule has 1 aromatic rings. The number of rotatable bonds is 3. The van der Waals surface area contributed by atoms with Crippen molar-refractivity contribution in [3.63, 3.8) is 0 Å². The maximum Gasteiger partial charge on any atom is 0.251 e. The zero-order chi connectivity index (χ0) is 12.1. The molecule has 0 spiro atoms. The van der Waals surface area contributed by atoms with Gasteiger partial charge in [0.2, 0.25) is 5.91 Å². The Hall–Kier alpha value is -1.88. The first-order chi connectivity index (χ1) is 7.54. The first-order valence-electron chi connectivity index (χ1n) is 4.93. The van der Waals surface area contributed by atoms with E-state index in [1.807, 2.05) is 0 Å². The van der Waals surface area contributed by atoms with Crippen LogP contribution in [0.4, 0.5) is 5.69 Å². The first-order valence-corrected chi connectivity index (χ1v) is 4.93. The lowest BCUT2D eigenvalue weighted by Gasteiger charge is -2.08. The zero-order valence-corrected chi connectivity index (χ0v) is 9.28. The van der Waals surface area contributed by atoms with Crippen LogP contribution in [0.1, 0.15) is 17.3 Å². The molecule has 4 N–H and O–H groups in total. The summed E-state index contributed by atoms with van der Waals surface area (Å²) in [5, 5.41) is 5.13. The molecule has 0 heterocycles. The van der Waals surface area contributed by atoms with E-state index in [4.69, 9.17) is 5.73 Å². The molecule has 5 nitrogen and oxygen atoms in total. The molecule has 0 aliphatic heterocycles. The van der Waals surface area contributed by atoms with Gasteiger partial charge in [-0.15, -0.1) is 0 Å². The molecule has 0 saturated carbocycles. The summed E-state index contributed by atoms with van der Waals surface area (Å²) in [6.45, 7) is 1.60. The summed E-state index contributed by atoms with van der Waals surface area (Å²) in [6.07, 6.45) is 0. The number of amides is 2. The molecule has 0 unspecified atom stereocenters. The van der Waals surface area contributed by atoms with Crippen molar-refractivity contribution in [2.45, 2.75) is 13.0 Å². The lowest BCUT2D eigenvalue weighted by atomic mass is 10.2. The van der Waals surface area contributed by atoms with Crippen molar-refractivity contribution in [3.8, 4) is 0 Å². The molecule has 86 valence electrons. The van der Waals surface area contributed by atoms with Crippen LogP contribution in [0.15, 0.2) is 24.3 Å². The highest BCUT2D eigenvalue weighted by Crippen LogP contribution is 2.10. The summed E-state index contributed by atoms with van der Waals surface area (Å²) >= 11 is 0. The van der Waals surface area contributed by atoms with Crippen molar-refractivity contribution in [3.05, 3.63) is 29.8 Å². The van der Waals surface area contributed by atoms with E-state index >= 15 is 0 Å². The second-order valence-corrected chi connectivity index (χ2v) is 3.44. The third kappa shape index (κ3) is 3.06. The summed E-state index contributed by atoms with van der Waals surface area (Å²) in [7, 11) is 1.55. The highest BCUT2D eigenvalue weighted by atomic mass is 16.2. The Bertz CT molecular complexity index is 402. The topological polar surface area (TPSA) is 84.2 Å². The van der Waals surface area contributed by atoms with Gasteiger partial charge in [-0.05, 0) is 25.1 Å². The predicted molar refractivity (Wildman–Crippen MR) is 62.1 cm³/mol. The van der Waals surface area contributed by atoms with Crippen molar-refractivity contribution in [1.29, 1.82) is 0 Å². The van der Waals surface area contributed by atoms with Gasteiger partial charge in [-0.25, -0.2) is 0 Å². The summed E-state index contributed by atoms with van der Waals surface area (Å²) in [4.78, 5) is 22.7. The largest absolute Gasteiger partial charge is 0.355 e. The number of carbonyl (C=O) groups is 2. The number of hydrogen-bond acceptors (Lipinski definition) is 3. The smallest absolute Gasteiger partial charge is 0.251 e. The van der Waals surface area contributed by atoms with Gasteiger partial charge in [-0.2, -0.15) is 0 Å². The molecule has 0 radical (unpaired) electrons. The molecule has 1 atom stereocenters. The van der Waals surface area contributed by atoms with Crippen molar-refractivity contribution in [2.75, 3.05) is 12.4 Å². The quantitative estimate of drug-likeness (QED) is 0.687. The summed E-state index contributed by atoms with van der Waals surface area (Å²) in [5.41, 5.74) is 6.47. The van der Waals surface area contributed by atoms with Gasteiger partial charge in [0, 0.05) is 18.3 Å². The second kappa shape index (κ2) is 5.27. The maximum atomic E-state index is 11.3. The van der Waals surface area contributed by atoms with Crippen LogP contribution in [0.5, 0.6) is 0 Å². The Balaban J connectivity index is 2.83. The van der Waals surface area contributed by atoms with Gasteiger partial charge >= 0.3 is 0 Å². The Morgan fingerprint density at radius 1 is 1.38 bits per heavy atom. The van der Waals surface area contributed by atoms with Crippen LogP contribution in [0.25, 0.3) is 0 Å². The molecule has 1 aromatic carbocycles. The number of hydrogen-bond donors (Lipinski definition) is 3. The van der Waals surface area contributed by atoms with Crippen LogP contribution < -0.4 is 16.4 Å². The average molecular weight is 221 g/mol. The highest BCUT2D eigenvalue weighted by molar-refractivity contribution is 5.98. The van der Waals surface area contributed by atoms with Crippen LogP contribution in [0.3, 0.4) is 0 Å². The summed E-state index contributed by atoms with van der Waals surface area (Å²) in [6, 6.07) is 6.08. The van der Waals surface area contributed by atoms with E-state index in [-0.39, 0.29) is 11.8 Å². The van der Waals surface area contributed by atoms with Crippen LogP contribution in [0, 0.1) is 0 Å². The molecule has 0 fully saturated rings. The Morgan fingerprint density at radius 2 is 2.06 bits per heavy atom. The third-order valence-electron chi connectivity index (χ3n) is 2.03. The lowest BCUT2D eigenvalue weighted by Crippen LogP contribution is -2.32. The fourth-order valence-corrected chi connectivity index (χ4v) is 1.14. The van der Waals surface area contributed by atoms with Crippen LogP contribution in [-0.4, -0.2) is 24.9 Å². The highest BCUT2D eigenvalue weighted by Gasteiger charge is 2.09. The van der Waals surface area contributed by atoms with E-state index in [2.05, 4.69) is 10.6 Å². The third-order valence-corrected chi connectivity index (χ3v) is 2.03. The first kappa shape index (κ1) is 12.2. The number of nitrogens with one attached hydrogen (secondary N) is 2. The number of anilines is 1. The lowest BCUT2D eigenvalue weighted by molar-refractivity contribution is -0.117. The molecule has 0 bridgehead atoms. The Morgan fingerprint density at radius 3 is 2.62 bits per heavy atom. The van der Waals surface area contributed by atoms with E-state index in [1.54, 1.807) is 38.2 Å². The van der Waals surface area contributed by atoms with Crippen LogP contribution in [-0.2, 0) is 4.79 Å². The zero-order valence-electron chi connectivity index (χ0n) is 9.28. The minimum absolute atomic E-state index is 0.197. The van der Waals surface area contributed by atoms with Gasteiger partial charge in [0.15, 0.2) is 0 Å². The molecule has 0 aromatic heterocycles. The van der Waals surface area contributed by atoms with Crippen molar-refractivity contribution < 1.29 is 9.59 Å². The van der Waals surface area contributed by atoms with Crippen molar-refractivity contribution in [2.24, 2.45) is 5.73 Å². The van der Waals surface area contributed by atoms with E-state index in [0.717, 1.165) is 0 Å². The standard InChI is InChI=1S/C11H15N3O2/c1-7(12)10(15)14-9-5-3-4-8(6-9)11(16)13-2/h3-7H,12H2,1-2H3,(H,13,16)(H,14,15)/t7-/m0/s1. The maximum absolute atomic E-state index is 11.3. The molecule has 0 aliphatic carbocycles. The molecule has 16 heavy (non-hydrogen) atoms. The van der Waals surface area contributed by atoms with E-state index < -0.39 is 6.04 Å². The minimum Gasteiger partial charge on any atom is -0.355 e. The normalized spacial score (nSPS) is 11.7. The second-order valence-electron chi connectivity index (χ2n) is 3.44. The number of benzene rings is 1. The molecular formula is C11H15N3O2. The summed E-state index contributed by atoms with van der Waals surface area (Å²) in [5.74, 6) is -0.481. The molecule has 0 saturated heterocycles. The van der Waals surface area contributed by atoms with Gasteiger partial charge in [0.25, 0.3) is 5.91 Å². The van der Waals surface area contributed by atoms with Gasteiger partial charge in [0.05, 0.1) is 6.04 Å². The van der Waals surface area contributed by atoms with Crippen LogP contribution in [0.2, 0.25) is 0 Å². The SMILES string of the molecule is CNC(=O)c1cccc(NC(=O)[C@H](C)N)c1. The Labute approximate surface area is 94.0 Å². The van der Waals surface area contributed by atoms with Gasteiger partial charge in [0.1, 0.15) is 0 Å². The van der Waals surface area contributed by atoms with Gasteiger partial charge in [-0.1, -0.05) is 6.07 Å². The minimum atomic E-state index is -0.580. The van der Waals surface area contributed by atoms with E-state index in [0.29, 0.717) is 11.3 Å². The van der Waals surface area contributed by atoms with E-state index in [9.17, 15) is 9.59 Å². The van der Waals surface area contributed by atoms with Gasteiger partial charge < -0.3 is 16.4 Å².